The summed E-state index contributed by atoms with van der Waals surface area (Å²) in [5, 5.41) is 0. The lowest BCUT2D eigenvalue weighted by Crippen LogP contribution is -2.51. The third-order valence-electron chi connectivity index (χ3n) is 4.03. The lowest BCUT2D eigenvalue weighted by Gasteiger charge is -2.42. The summed E-state index contributed by atoms with van der Waals surface area (Å²) in [6.45, 7) is 2.37. The average molecular weight is 373 g/mol. The number of rotatable bonds is 7. The lowest BCUT2D eigenvalue weighted by molar-refractivity contribution is -0.164. The van der Waals surface area contributed by atoms with Crippen molar-refractivity contribution in [2.75, 3.05) is 18.8 Å². The summed E-state index contributed by atoms with van der Waals surface area (Å²) in [6, 6.07) is 9.92. The van der Waals surface area contributed by atoms with Crippen LogP contribution in [0.15, 0.2) is 30.3 Å². The fourth-order valence-electron chi connectivity index (χ4n) is 2.78. The van der Waals surface area contributed by atoms with E-state index in [0.29, 0.717) is 13.0 Å². The smallest absolute Gasteiger partial charge is 0.166 e. The molecule has 1 aromatic rings. The van der Waals surface area contributed by atoms with E-state index in [2.05, 4.69) is 18.8 Å². The van der Waals surface area contributed by atoms with Gasteiger partial charge in [-0.25, -0.2) is 0 Å². The Balaban J connectivity index is 2.01. The van der Waals surface area contributed by atoms with Gasteiger partial charge in [-0.3, -0.25) is 4.79 Å². The van der Waals surface area contributed by atoms with E-state index in [-0.39, 0.29) is 21.4 Å². The first kappa shape index (κ1) is 19.2. The number of ketones is 1. The molecule has 1 fully saturated rings. The number of hydrogen-bond donors (Lipinski definition) is 0. The minimum Gasteiger partial charge on any atom is -0.368 e. The number of ether oxygens (including phenoxy) is 2. The number of carbonyl (C=O) groups excluding carboxylic acids is 1. The highest BCUT2D eigenvalue weighted by atomic mass is 32.3. The highest BCUT2D eigenvalue weighted by molar-refractivity contribution is 8.33. The van der Waals surface area contributed by atoms with E-state index in [0.717, 1.165) is 5.56 Å². The third kappa shape index (κ3) is 4.48. The third-order valence-corrected chi connectivity index (χ3v) is 9.53. The van der Waals surface area contributed by atoms with Crippen molar-refractivity contribution in [2.24, 2.45) is 0 Å². The maximum atomic E-state index is 12.6. The molecule has 1 aromatic carbocycles. The normalized spacial score (nSPS) is 25.6. The van der Waals surface area contributed by atoms with Gasteiger partial charge < -0.3 is 9.47 Å². The molecule has 1 saturated heterocycles. The second kappa shape index (κ2) is 8.81. The molecule has 1 heterocycles. The SMILES string of the molecule is CSC(SC)(SC)[C@@H]1CC(=O)[C@@H](OCc2ccccc2)[C@H](C)O1. The van der Waals surface area contributed by atoms with Crippen molar-refractivity contribution in [3.05, 3.63) is 35.9 Å². The van der Waals surface area contributed by atoms with E-state index >= 15 is 0 Å². The Bertz CT molecular complexity index is 497. The Morgan fingerprint density at radius 1 is 1.17 bits per heavy atom. The molecular weight excluding hydrogens is 348 g/mol. The zero-order chi connectivity index (χ0) is 16.9. The first-order valence-corrected chi connectivity index (χ1v) is 11.2. The van der Waals surface area contributed by atoms with E-state index in [1.807, 2.05) is 37.3 Å². The Hall–Kier alpha value is -0.140. The Kier molecular flexibility index (Phi) is 7.35. The Morgan fingerprint density at radius 3 is 2.30 bits per heavy atom. The van der Waals surface area contributed by atoms with Gasteiger partial charge in [0.05, 0.1) is 18.8 Å². The molecule has 0 amide bonds. The van der Waals surface area contributed by atoms with Crippen LogP contribution < -0.4 is 0 Å². The van der Waals surface area contributed by atoms with Gasteiger partial charge in [-0.15, -0.1) is 35.3 Å². The summed E-state index contributed by atoms with van der Waals surface area (Å²) in [5.41, 5.74) is 1.07. The molecule has 0 bridgehead atoms. The van der Waals surface area contributed by atoms with Crippen LogP contribution in [0, 0.1) is 0 Å². The van der Waals surface area contributed by atoms with E-state index in [1.54, 1.807) is 35.3 Å². The highest BCUT2D eigenvalue weighted by Gasteiger charge is 2.46. The van der Waals surface area contributed by atoms with Crippen molar-refractivity contribution in [3.8, 4) is 0 Å². The van der Waals surface area contributed by atoms with Crippen LogP contribution in [0.2, 0.25) is 0 Å². The van der Waals surface area contributed by atoms with Gasteiger partial charge in [0.15, 0.2) is 5.78 Å². The fraction of sp³-hybridized carbons (Fsp3) is 0.588. The van der Waals surface area contributed by atoms with E-state index in [4.69, 9.17) is 9.47 Å². The zero-order valence-corrected chi connectivity index (χ0v) is 16.4. The van der Waals surface area contributed by atoms with Crippen molar-refractivity contribution < 1.29 is 14.3 Å². The predicted molar refractivity (Wildman–Crippen MR) is 102 cm³/mol. The summed E-state index contributed by atoms with van der Waals surface area (Å²) in [7, 11) is 0. The fourth-order valence-corrected chi connectivity index (χ4v) is 5.99. The molecule has 1 aliphatic rings. The molecule has 6 heteroatoms. The first-order valence-electron chi connectivity index (χ1n) is 7.55. The molecule has 128 valence electrons. The van der Waals surface area contributed by atoms with Gasteiger partial charge in [-0.05, 0) is 31.3 Å². The van der Waals surface area contributed by atoms with Gasteiger partial charge in [-0.2, -0.15) is 0 Å². The quantitative estimate of drug-likeness (QED) is 0.672. The maximum absolute atomic E-state index is 12.6. The molecule has 0 unspecified atom stereocenters. The van der Waals surface area contributed by atoms with E-state index in [1.165, 1.54) is 0 Å². The van der Waals surface area contributed by atoms with Gasteiger partial charge in [0.2, 0.25) is 0 Å². The topological polar surface area (TPSA) is 35.5 Å². The molecule has 0 radical (unpaired) electrons. The summed E-state index contributed by atoms with van der Waals surface area (Å²) >= 11 is 5.24. The van der Waals surface area contributed by atoms with Crippen LogP contribution in [0.5, 0.6) is 0 Å². The summed E-state index contributed by atoms with van der Waals surface area (Å²) in [6.07, 6.45) is 5.83. The van der Waals surface area contributed by atoms with Crippen molar-refractivity contribution in [3.63, 3.8) is 0 Å². The highest BCUT2D eigenvalue weighted by Crippen LogP contribution is 2.49. The monoisotopic (exact) mass is 372 g/mol. The Labute approximate surface area is 151 Å². The summed E-state index contributed by atoms with van der Waals surface area (Å²) in [5.74, 6) is 0.145. The van der Waals surface area contributed by atoms with Gasteiger partial charge in [0.1, 0.15) is 9.52 Å². The van der Waals surface area contributed by atoms with E-state index < -0.39 is 6.10 Å². The molecule has 0 N–H and O–H groups in total. The minimum atomic E-state index is -0.477. The van der Waals surface area contributed by atoms with Crippen molar-refractivity contribution in [1.29, 1.82) is 0 Å². The molecule has 0 aliphatic carbocycles. The number of Topliss-reactive ketones (excluding diaryl/α,β-unsaturated/α-hetero) is 1. The molecule has 1 aliphatic heterocycles. The average Bonchev–Trinajstić information content (AvgIpc) is 2.57. The predicted octanol–water partition coefficient (Wildman–Crippen LogP) is 4.06. The van der Waals surface area contributed by atoms with Crippen molar-refractivity contribution in [1.82, 2.24) is 0 Å². The Morgan fingerprint density at radius 2 is 1.78 bits per heavy atom. The van der Waals surface area contributed by atoms with Gasteiger partial charge in [0, 0.05) is 6.42 Å². The molecule has 0 aromatic heterocycles. The van der Waals surface area contributed by atoms with Crippen molar-refractivity contribution >= 4 is 41.1 Å². The van der Waals surface area contributed by atoms with Crippen LogP contribution >= 0.6 is 35.3 Å². The van der Waals surface area contributed by atoms with Crippen LogP contribution in [0.4, 0.5) is 0 Å². The number of thioether (sulfide) groups is 3. The summed E-state index contributed by atoms with van der Waals surface area (Å²) in [4.78, 5) is 12.6. The lowest BCUT2D eigenvalue weighted by atomic mass is 10.0. The largest absolute Gasteiger partial charge is 0.368 e. The molecule has 0 saturated carbocycles. The maximum Gasteiger partial charge on any atom is 0.166 e. The molecule has 23 heavy (non-hydrogen) atoms. The molecule has 3 nitrogen and oxygen atoms in total. The standard InChI is InChI=1S/C17H24O3S3/c1-12-16(19-11-13-8-6-5-7-9-13)14(18)10-15(20-12)17(21-2,22-3)23-4/h5-9,12,15-16H,10-11H2,1-4H3/t12-,15-,16-/m0/s1. The number of carbonyl (C=O) groups is 1. The zero-order valence-electron chi connectivity index (χ0n) is 14.0. The van der Waals surface area contributed by atoms with Crippen molar-refractivity contribution in [2.45, 2.75) is 41.7 Å². The minimum absolute atomic E-state index is 0.0958. The number of hydrogen-bond acceptors (Lipinski definition) is 6. The van der Waals surface area contributed by atoms with Gasteiger partial charge in [-0.1, -0.05) is 30.3 Å². The molecular formula is C17H24O3S3. The second-order valence-electron chi connectivity index (χ2n) is 5.43. The molecule has 2 rings (SSSR count). The second-order valence-corrected chi connectivity index (χ2v) is 9.37. The van der Waals surface area contributed by atoms with Crippen LogP contribution in [0.1, 0.15) is 18.9 Å². The van der Waals surface area contributed by atoms with Gasteiger partial charge in [0.25, 0.3) is 0 Å². The first-order chi connectivity index (χ1) is 11.1. The van der Waals surface area contributed by atoms with Crippen LogP contribution in [0.3, 0.4) is 0 Å². The van der Waals surface area contributed by atoms with Gasteiger partial charge >= 0.3 is 0 Å². The molecule has 3 atom stereocenters. The van der Waals surface area contributed by atoms with Crippen LogP contribution in [-0.4, -0.2) is 46.3 Å². The van der Waals surface area contributed by atoms with Crippen LogP contribution in [-0.2, 0) is 20.9 Å². The summed E-state index contributed by atoms with van der Waals surface area (Å²) < 4.78 is 11.9. The molecule has 0 spiro atoms. The van der Waals surface area contributed by atoms with Crippen LogP contribution in [0.25, 0.3) is 0 Å². The van der Waals surface area contributed by atoms with E-state index in [9.17, 15) is 4.79 Å². The number of benzene rings is 1.